The van der Waals surface area contributed by atoms with Crippen LogP contribution < -0.4 is 15.8 Å². The van der Waals surface area contributed by atoms with Gasteiger partial charge in [0.2, 0.25) is 0 Å². The van der Waals surface area contributed by atoms with Gasteiger partial charge in [0.15, 0.2) is 6.61 Å². The van der Waals surface area contributed by atoms with Gasteiger partial charge >= 0.3 is 5.97 Å². The van der Waals surface area contributed by atoms with Crippen molar-refractivity contribution in [3.05, 3.63) is 64.1 Å². The first-order valence-corrected chi connectivity index (χ1v) is 11.3. The summed E-state index contributed by atoms with van der Waals surface area (Å²) >= 11 is 0. The lowest BCUT2D eigenvalue weighted by Crippen LogP contribution is -2.29. The van der Waals surface area contributed by atoms with Gasteiger partial charge in [-0.3, -0.25) is 9.59 Å². The normalized spacial score (nSPS) is 13.7. The van der Waals surface area contributed by atoms with Crippen LogP contribution in [-0.2, 0) is 16.1 Å². The van der Waals surface area contributed by atoms with E-state index in [1.54, 1.807) is 29.7 Å². The molecule has 0 bridgehead atoms. The maximum Gasteiger partial charge on any atom is 0.338 e. The highest BCUT2D eigenvalue weighted by Gasteiger charge is 2.15. The predicted octanol–water partition coefficient (Wildman–Crippen LogP) is 3.51. The number of benzene rings is 2. The number of esters is 1. The van der Waals surface area contributed by atoms with Crippen LogP contribution in [0.4, 0.5) is 11.4 Å². The molecule has 8 heteroatoms. The summed E-state index contributed by atoms with van der Waals surface area (Å²) in [7, 11) is 0. The first-order chi connectivity index (χ1) is 16.0. The summed E-state index contributed by atoms with van der Waals surface area (Å²) in [5.41, 5.74) is 3.46. The molecule has 33 heavy (non-hydrogen) atoms. The van der Waals surface area contributed by atoms with Crippen molar-refractivity contribution in [1.29, 1.82) is 0 Å². The molecular formula is C25H28N4O4. The lowest BCUT2D eigenvalue weighted by atomic mass is 10.1. The second kappa shape index (κ2) is 9.85. The van der Waals surface area contributed by atoms with Gasteiger partial charge in [0, 0.05) is 31.0 Å². The molecule has 0 unspecified atom stereocenters. The fraction of sp³-hybridized carbons (Fsp3) is 0.360. The Bertz CT molecular complexity index is 1230. The molecule has 2 aromatic carbocycles. The molecule has 0 aliphatic carbocycles. The van der Waals surface area contributed by atoms with Crippen LogP contribution in [0.25, 0.3) is 11.0 Å². The zero-order valence-electron chi connectivity index (χ0n) is 19.0. The van der Waals surface area contributed by atoms with Crippen LogP contribution in [0.15, 0.2) is 47.3 Å². The maximum atomic E-state index is 12.5. The quantitative estimate of drug-likeness (QED) is 0.580. The van der Waals surface area contributed by atoms with Gasteiger partial charge in [0.1, 0.15) is 5.69 Å². The molecule has 172 valence electrons. The molecule has 2 heterocycles. The van der Waals surface area contributed by atoms with E-state index < -0.39 is 18.5 Å². The zero-order valence-corrected chi connectivity index (χ0v) is 19.0. The van der Waals surface area contributed by atoms with Gasteiger partial charge in [-0.25, -0.2) is 9.78 Å². The topological polar surface area (TPSA) is 93.5 Å². The number of carbonyl (C=O) groups excluding carboxylic acids is 2. The van der Waals surface area contributed by atoms with E-state index in [9.17, 15) is 14.4 Å². The fourth-order valence-corrected chi connectivity index (χ4v) is 4.13. The van der Waals surface area contributed by atoms with Gasteiger partial charge in [-0.15, -0.1) is 0 Å². The molecule has 1 fully saturated rings. The number of piperidine rings is 1. The molecule has 1 aromatic heterocycles. The number of hydrogen-bond acceptors (Lipinski definition) is 6. The van der Waals surface area contributed by atoms with Crippen molar-refractivity contribution in [1.82, 2.24) is 9.55 Å². The van der Waals surface area contributed by atoms with E-state index in [4.69, 9.17) is 4.74 Å². The van der Waals surface area contributed by atoms with Crippen LogP contribution in [0.2, 0.25) is 0 Å². The second-order valence-electron chi connectivity index (χ2n) is 8.17. The molecule has 0 radical (unpaired) electrons. The number of rotatable bonds is 6. The molecule has 0 spiro atoms. The third-order valence-electron chi connectivity index (χ3n) is 5.87. The monoisotopic (exact) mass is 448 g/mol. The summed E-state index contributed by atoms with van der Waals surface area (Å²) in [6, 6.07) is 12.5. The SMILES string of the molecule is CCn1c(=O)c(C)nc2cc(C(=O)OCC(=O)Nc3ccc(N4CCCCC4)cc3)ccc21. The average molecular weight is 449 g/mol. The Hall–Kier alpha value is -3.68. The number of nitrogens with one attached hydrogen (secondary N) is 1. The van der Waals surface area contributed by atoms with Crippen LogP contribution >= 0.6 is 0 Å². The summed E-state index contributed by atoms with van der Waals surface area (Å²) < 4.78 is 6.79. The van der Waals surface area contributed by atoms with Crippen LogP contribution in [-0.4, -0.2) is 41.1 Å². The number of anilines is 2. The standard InChI is InChI=1S/C25H28N4O4/c1-3-29-22-12-7-18(15-21(22)26-17(2)24(29)31)25(32)33-16-23(30)27-19-8-10-20(11-9-19)28-13-5-4-6-14-28/h7-12,15H,3-6,13-14,16H2,1-2H3,(H,27,30). The van der Waals surface area contributed by atoms with Crippen LogP contribution in [0, 0.1) is 6.92 Å². The summed E-state index contributed by atoms with van der Waals surface area (Å²) in [6.07, 6.45) is 3.68. The molecule has 1 N–H and O–H groups in total. The number of amides is 1. The van der Waals surface area contributed by atoms with Crippen molar-refractivity contribution >= 4 is 34.3 Å². The highest BCUT2D eigenvalue weighted by molar-refractivity contribution is 5.97. The molecule has 4 rings (SSSR count). The van der Waals surface area contributed by atoms with Crippen LogP contribution in [0.1, 0.15) is 42.2 Å². The van der Waals surface area contributed by atoms with E-state index in [1.165, 1.54) is 19.3 Å². The molecule has 0 saturated carbocycles. The average Bonchev–Trinajstić information content (AvgIpc) is 2.84. The second-order valence-corrected chi connectivity index (χ2v) is 8.17. The van der Waals surface area contributed by atoms with Crippen molar-refractivity contribution in [2.75, 3.05) is 29.9 Å². The Balaban J connectivity index is 1.36. The van der Waals surface area contributed by atoms with E-state index in [0.717, 1.165) is 18.8 Å². The summed E-state index contributed by atoms with van der Waals surface area (Å²) in [4.78, 5) is 43.6. The highest BCUT2D eigenvalue weighted by atomic mass is 16.5. The number of hydrogen-bond donors (Lipinski definition) is 1. The molecule has 1 amide bonds. The first kappa shape index (κ1) is 22.5. The maximum absolute atomic E-state index is 12.5. The van der Waals surface area contributed by atoms with Gasteiger partial charge in [0.05, 0.1) is 16.6 Å². The zero-order chi connectivity index (χ0) is 23.4. The third kappa shape index (κ3) is 5.05. The van der Waals surface area contributed by atoms with Crippen molar-refractivity contribution in [3.8, 4) is 0 Å². The van der Waals surface area contributed by atoms with E-state index in [2.05, 4.69) is 15.2 Å². The number of carbonyl (C=O) groups is 2. The molecule has 0 atom stereocenters. The van der Waals surface area contributed by atoms with Gasteiger partial charge in [-0.2, -0.15) is 0 Å². The van der Waals surface area contributed by atoms with Gasteiger partial charge in [0.25, 0.3) is 11.5 Å². The number of aromatic nitrogens is 2. The number of fused-ring (bicyclic) bond motifs is 1. The highest BCUT2D eigenvalue weighted by Crippen LogP contribution is 2.22. The predicted molar refractivity (Wildman–Crippen MR) is 128 cm³/mol. The largest absolute Gasteiger partial charge is 0.452 e. The Morgan fingerprint density at radius 1 is 1.06 bits per heavy atom. The van der Waals surface area contributed by atoms with Crippen LogP contribution in [0.5, 0.6) is 0 Å². The van der Waals surface area contributed by atoms with Crippen molar-refractivity contribution in [2.45, 2.75) is 39.7 Å². The van der Waals surface area contributed by atoms with E-state index in [0.29, 0.717) is 29.0 Å². The Morgan fingerprint density at radius 2 is 1.79 bits per heavy atom. The first-order valence-electron chi connectivity index (χ1n) is 11.3. The lowest BCUT2D eigenvalue weighted by molar-refractivity contribution is -0.119. The smallest absolute Gasteiger partial charge is 0.338 e. The lowest BCUT2D eigenvalue weighted by Gasteiger charge is -2.28. The number of ether oxygens (including phenoxy) is 1. The van der Waals surface area contributed by atoms with Crippen molar-refractivity contribution in [3.63, 3.8) is 0 Å². The Kier molecular flexibility index (Phi) is 6.72. The Morgan fingerprint density at radius 3 is 2.48 bits per heavy atom. The summed E-state index contributed by atoms with van der Waals surface area (Å²) in [6.45, 7) is 5.74. The van der Waals surface area contributed by atoms with Crippen molar-refractivity contribution < 1.29 is 14.3 Å². The molecule has 1 saturated heterocycles. The summed E-state index contributed by atoms with van der Waals surface area (Å²) in [5.74, 6) is -1.04. The molecular weight excluding hydrogens is 420 g/mol. The van der Waals surface area contributed by atoms with Crippen LogP contribution in [0.3, 0.4) is 0 Å². The summed E-state index contributed by atoms with van der Waals surface area (Å²) in [5, 5.41) is 2.75. The third-order valence-corrected chi connectivity index (χ3v) is 5.87. The minimum Gasteiger partial charge on any atom is -0.452 e. The fourth-order valence-electron chi connectivity index (χ4n) is 4.13. The number of aryl methyl sites for hydroxylation is 2. The molecule has 1 aliphatic heterocycles. The van der Waals surface area contributed by atoms with E-state index in [-0.39, 0.29) is 11.1 Å². The van der Waals surface area contributed by atoms with E-state index >= 15 is 0 Å². The van der Waals surface area contributed by atoms with Gasteiger partial charge in [-0.05, 0) is 75.6 Å². The molecule has 1 aliphatic rings. The minimum absolute atomic E-state index is 0.152. The van der Waals surface area contributed by atoms with Gasteiger partial charge < -0.3 is 19.5 Å². The number of nitrogens with zero attached hydrogens (tertiary/aromatic N) is 3. The van der Waals surface area contributed by atoms with E-state index in [1.807, 2.05) is 31.2 Å². The molecule has 8 nitrogen and oxygen atoms in total. The Labute approximate surface area is 192 Å². The van der Waals surface area contributed by atoms with Gasteiger partial charge in [-0.1, -0.05) is 0 Å². The minimum atomic E-state index is -0.624. The molecule has 3 aromatic rings. The van der Waals surface area contributed by atoms with Crippen molar-refractivity contribution in [2.24, 2.45) is 0 Å².